The molecule has 0 bridgehead atoms. The van der Waals surface area contributed by atoms with Crippen molar-refractivity contribution in [2.24, 2.45) is 0 Å². The zero-order valence-electron chi connectivity index (χ0n) is 12.8. The second-order valence-corrected chi connectivity index (χ2v) is 4.91. The van der Waals surface area contributed by atoms with Crippen molar-refractivity contribution in [1.82, 2.24) is 4.98 Å². The van der Waals surface area contributed by atoms with E-state index in [4.69, 9.17) is 0 Å². The summed E-state index contributed by atoms with van der Waals surface area (Å²) in [7, 11) is 1.21. The molecule has 1 aromatic carbocycles. The monoisotopic (exact) mass is 338 g/mol. The van der Waals surface area contributed by atoms with Gasteiger partial charge in [-0.1, -0.05) is 6.07 Å². The van der Waals surface area contributed by atoms with Crippen LogP contribution in [-0.2, 0) is 10.9 Å². The first-order valence-electron chi connectivity index (χ1n) is 6.76. The highest BCUT2D eigenvalue weighted by molar-refractivity contribution is 6.03. The average Bonchev–Trinajstić information content (AvgIpc) is 2.55. The van der Waals surface area contributed by atoms with Crippen LogP contribution in [0.4, 0.5) is 18.9 Å². The predicted molar refractivity (Wildman–Crippen MR) is 79.7 cm³/mol. The van der Waals surface area contributed by atoms with E-state index in [1.165, 1.54) is 38.3 Å². The second-order valence-electron chi connectivity index (χ2n) is 4.91. The predicted octanol–water partition coefficient (Wildman–Crippen LogP) is 3.45. The summed E-state index contributed by atoms with van der Waals surface area (Å²) in [6.45, 7) is 1.33. The fraction of sp³-hybridized carbons (Fsp3) is 0.188. The van der Waals surface area contributed by atoms with Crippen molar-refractivity contribution in [3.8, 4) is 0 Å². The van der Waals surface area contributed by atoms with Gasteiger partial charge in [0.15, 0.2) is 0 Å². The van der Waals surface area contributed by atoms with Gasteiger partial charge in [-0.15, -0.1) is 0 Å². The number of carbonyl (C=O) groups is 2. The highest BCUT2D eigenvalue weighted by Crippen LogP contribution is 2.33. The molecule has 1 amide bonds. The van der Waals surface area contributed by atoms with Gasteiger partial charge in [0.1, 0.15) is 5.69 Å². The Bertz CT molecular complexity index is 771. The number of amides is 1. The van der Waals surface area contributed by atoms with E-state index in [-0.39, 0.29) is 22.5 Å². The number of nitrogens with zero attached hydrogens (tertiary/aromatic N) is 1. The Morgan fingerprint density at radius 3 is 2.42 bits per heavy atom. The van der Waals surface area contributed by atoms with Crippen molar-refractivity contribution in [3.63, 3.8) is 0 Å². The van der Waals surface area contributed by atoms with Crippen LogP contribution in [-0.4, -0.2) is 24.0 Å². The van der Waals surface area contributed by atoms with Crippen LogP contribution in [0.5, 0.6) is 0 Å². The molecule has 0 saturated carbocycles. The Hall–Kier alpha value is -2.90. The Morgan fingerprint density at radius 2 is 1.88 bits per heavy atom. The van der Waals surface area contributed by atoms with Crippen LogP contribution in [0.15, 0.2) is 36.5 Å². The summed E-state index contributed by atoms with van der Waals surface area (Å²) in [4.78, 5) is 27.1. The van der Waals surface area contributed by atoms with E-state index < -0.39 is 23.6 Å². The zero-order valence-corrected chi connectivity index (χ0v) is 12.8. The fourth-order valence-electron chi connectivity index (χ4n) is 1.97. The highest BCUT2D eigenvalue weighted by atomic mass is 19.4. The van der Waals surface area contributed by atoms with Gasteiger partial charge in [0.2, 0.25) is 0 Å². The second kappa shape index (κ2) is 6.69. The number of hydrogen-bond donors (Lipinski definition) is 1. The third-order valence-electron chi connectivity index (χ3n) is 3.22. The topological polar surface area (TPSA) is 68.3 Å². The zero-order chi connectivity index (χ0) is 17.9. The molecular formula is C16H13F3N2O3. The summed E-state index contributed by atoms with van der Waals surface area (Å²) in [5.74, 6) is -1.30. The minimum Gasteiger partial charge on any atom is -0.465 e. The van der Waals surface area contributed by atoms with Crippen LogP contribution < -0.4 is 5.32 Å². The Labute approximate surface area is 135 Å². The molecule has 2 aromatic rings. The van der Waals surface area contributed by atoms with Crippen molar-refractivity contribution in [2.75, 3.05) is 12.4 Å². The lowest BCUT2D eigenvalue weighted by Crippen LogP contribution is -2.15. The molecule has 5 nitrogen and oxygen atoms in total. The summed E-state index contributed by atoms with van der Waals surface area (Å²) < 4.78 is 43.1. The number of carbonyl (C=O) groups excluding carboxylic acids is 2. The number of esters is 1. The molecule has 24 heavy (non-hydrogen) atoms. The number of anilines is 1. The lowest BCUT2D eigenvalue weighted by atomic mass is 10.1. The molecular weight excluding hydrogens is 325 g/mol. The molecule has 8 heteroatoms. The Morgan fingerprint density at radius 1 is 1.17 bits per heavy atom. The SMILES string of the molecule is COC(=O)c1ccc(C(=O)Nc2ccc(C)c(C(F)(F)F)c2)nc1. The van der Waals surface area contributed by atoms with E-state index in [9.17, 15) is 22.8 Å². The van der Waals surface area contributed by atoms with E-state index >= 15 is 0 Å². The van der Waals surface area contributed by atoms with Gasteiger partial charge in [0.25, 0.3) is 5.91 Å². The molecule has 0 radical (unpaired) electrons. The van der Waals surface area contributed by atoms with Crippen LogP contribution in [0.25, 0.3) is 0 Å². The Kier molecular flexibility index (Phi) is 4.87. The third kappa shape index (κ3) is 3.89. The Balaban J connectivity index is 2.19. The molecule has 1 aromatic heterocycles. The fourth-order valence-corrected chi connectivity index (χ4v) is 1.97. The molecule has 0 spiro atoms. The van der Waals surface area contributed by atoms with Gasteiger partial charge in [-0.05, 0) is 36.8 Å². The van der Waals surface area contributed by atoms with E-state index in [0.29, 0.717) is 0 Å². The van der Waals surface area contributed by atoms with Crippen molar-refractivity contribution < 1.29 is 27.5 Å². The molecule has 0 aliphatic carbocycles. The van der Waals surface area contributed by atoms with Crippen LogP contribution in [0, 0.1) is 6.92 Å². The molecule has 0 unspecified atom stereocenters. The van der Waals surface area contributed by atoms with Crippen LogP contribution in [0.3, 0.4) is 0 Å². The minimum absolute atomic E-state index is 0.00299. The molecule has 2 rings (SSSR count). The maximum Gasteiger partial charge on any atom is 0.416 e. The number of alkyl halides is 3. The van der Waals surface area contributed by atoms with Crippen LogP contribution >= 0.6 is 0 Å². The summed E-state index contributed by atoms with van der Waals surface area (Å²) in [5, 5.41) is 2.34. The van der Waals surface area contributed by atoms with Gasteiger partial charge < -0.3 is 10.1 Å². The number of nitrogens with one attached hydrogen (secondary N) is 1. The van der Waals surface area contributed by atoms with E-state index in [2.05, 4.69) is 15.0 Å². The number of halogens is 3. The summed E-state index contributed by atoms with van der Waals surface area (Å²) >= 11 is 0. The van der Waals surface area contributed by atoms with Crippen molar-refractivity contribution in [3.05, 3.63) is 58.9 Å². The number of pyridine rings is 1. The van der Waals surface area contributed by atoms with E-state index in [0.717, 1.165) is 12.3 Å². The number of methoxy groups -OCH3 is 1. The molecule has 1 heterocycles. The molecule has 1 N–H and O–H groups in total. The number of rotatable bonds is 3. The van der Waals surface area contributed by atoms with Gasteiger partial charge in [0.05, 0.1) is 18.2 Å². The lowest BCUT2D eigenvalue weighted by Gasteiger charge is -2.12. The van der Waals surface area contributed by atoms with Crippen molar-refractivity contribution in [1.29, 1.82) is 0 Å². The van der Waals surface area contributed by atoms with E-state index in [1.54, 1.807) is 0 Å². The quantitative estimate of drug-likeness (QED) is 0.871. The lowest BCUT2D eigenvalue weighted by molar-refractivity contribution is -0.138. The summed E-state index contributed by atoms with van der Waals surface area (Å²) in [6, 6.07) is 6.11. The average molecular weight is 338 g/mol. The molecule has 0 atom stereocenters. The largest absolute Gasteiger partial charge is 0.465 e. The maximum absolute atomic E-state index is 12.9. The first-order chi connectivity index (χ1) is 11.2. The first kappa shape index (κ1) is 17.5. The minimum atomic E-state index is -4.51. The van der Waals surface area contributed by atoms with Gasteiger partial charge in [-0.25, -0.2) is 4.79 Å². The third-order valence-corrected chi connectivity index (χ3v) is 3.22. The number of hydrogen-bond acceptors (Lipinski definition) is 4. The summed E-state index contributed by atoms with van der Waals surface area (Å²) in [5.41, 5.74) is -0.660. The standard InChI is InChI=1S/C16H13F3N2O3/c1-9-3-5-11(7-12(9)16(17,18)19)21-14(22)13-6-4-10(8-20-13)15(23)24-2/h3-8H,1-2H3,(H,21,22). The van der Waals surface area contributed by atoms with Gasteiger partial charge in [-0.2, -0.15) is 13.2 Å². The van der Waals surface area contributed by atoms with Gasteiger partial charge in [0, 0.05) is 11.9 Å². The molecule has 126 valence electrons. The van der Waals surface area contributed by atoms with Gasteiger partial charge >= 0.3 is 12.1 Å². The molecule has 0 saturated heterocycles. The van der Waals surface area contributed by atoms with Crippen molar-refractivity contribution >= 4 is 17.6 Å². The number of aryl methyl sites for hydroxylation is 1. The molecule has 0 fully saturated rings. The van der Waals surface area contributed by atoms with Crippen LogP contribution in [0.2, 0.25) is 0 Å². The maximum atomic E-state index is 12.9. The van der Waals surface area contributed by atoms with Crippen LogP contribution in [0.1, 0.15) is 32.0 Å². The highest BCUT2D eigenvalue weighted by Gasteiger charge is 2.32. The molecule has 0 aliphatic heterocycles. The first-order valence-corrected chi connectivity index (χ1v) is 6.76. The number of ether oxygens (including phenoxy) is 1. The normalized spacial score (nSPS) is 11.0. The van der Waals surface area contributed by atoms with Gasteiger partial charge in [-0.3, -0.25) is 9.78 Å². The summed E-state index contributed by atoms with van der Waals surface area (Å²) in [6.07, 6.45) is -3.36. The number of aromatic nitrogens is 1. The number of benzene rings is 1. The van der Waals surface area contributed by atoms with E-state index in [1.807, 2.05) is 0 Å². The molecule has 0 aliphatic rings. The smallest absolute Gasteiger partial charge is 0.416 e. The van der Waals surface area contributed by atoms with Crippen molar-refractivity contribution in [2.45, 2.75) is 13.1 Å².